The Balaban J connectivity index is 2.26. The number of amides is 2. The standard InChI is InChI=1S/C18H17F3N2O4/c1-26-14-9-5-7-12(15(14)27-2)17(25)23-13-8-4-3-6-11(13)16(24)22-10-18(19,20)21/h3-9H,10H2,1-2H3,(H,22,24)(H,23,25). The first kappa shape index (κ1) is 20.1. The maximum atomic E-state index is 12.6. The van der Waals surface area contributed by atoms with E-state index in [4.69, 9.17) is 9.47 Å². The number of nitrogens with one attached hydrogen (secondary N) is 2. The highest BCUT2D eigenvalue weighted by Gasteiger charge is 2.28. The van der Waals surface area contributed by atoms with Gasteiger partial charge < -0.3 is 20.1 Å². The molecule has 0 saturated carbocycles. The lowest BCUT2D eigenvalue weighted by atomic mass is 10.1. The van der Waals surface area contributed by atoms with Crippen LogP contribution in [0, 0.1) is 0 Å². The molecule has 6 nitrogen and oxygen atoms in total. The van der Waals surface area contributed by atoms with E-state index in [1.807, 2.05) is 0 Å². The zero-order valence-corrected chi connectivity index (χ0v) is 14.5. The minimum Gasteiger partial charge on any atom is -0.493 e. The maximum absolute atomic E-state index is 12.6. The fourth-order valence-electron chi connectivity index (χ4n) is 2.32. The summed E-state index contributed by atoms with van der Waals surface area (Å²) in [6.07, 6.45) is -4.54. The third-order valence-electron chi connectivity index (χ3n) is 3.52. The SMILES string of the molecule is COc1cccc(C(=O)Nc2ccccc2C(=O)NCC(F)(F)F)c1OC. The molecule has 0 saturated heterocycles. The summed E-state index contributed by atoms with van der Waals surface area (Å²) in [7, 11) is 2.78. The summed E-state index contributed by atoms with van der Waals surface area (Å²) in [6, 6.07) is 10.4. The van der Waals surface area contributed by atoms with Gasteiger partial charge in [-0.3, -0.25) is 9.59 Å². The predicted octanol–water partition coefficient (Wildman–Crippen LogP) is 3.25. The summed E-state index contributed by atoms with van der Waals surface area (Å²) in [6.45, 7) is -1.47. The largest absolute Gasteiger partial charge is 0.493 e. The molecule has 0 atom stereocenters. The summed E-state index contributed by atoms with van der Waals surface area (Å²) in [5, 5.41) is 4.29. The number of carbonyl (C=O) groups excluding carboxylic acids is 2. The van der Waals surface area contributed by atoms with Crippen molar-refractivity contribution in [1.82, 2.24) is 5.32 Å². The van der Waals surface area contributed by atoms with Crippen LogP contribution in [0.1, 0.15) is 20.7 Å². The topological polar surface area (TPSA) is 76.7 Å². The number of para-hydroxylation sites is 2. The number of hydrogen-bond acceptors (Lipinski definition) is 4. The van der Waals surface area contributed by atoms with Crippen LogP contribution in [0.15, 0.2) is 42.5 Å². The van der Waals surface area contributed by atoms with Crippen molar-refractivity contribution >= 4 is 17.5 Å². The van der Waals surface area contributed by atoms with Crippen LogP contribution in [0.2, 0.25) is 0 Å². The molecular formula is C18H17F3N2O4. The van der Waals surface area contributed by atoms with E-state index >= 15 is 0 Å². The van der Waals surface area contributed by atoms with Gasteiger partial charge in [0.25, 0.3) is 11.8 Å². The van der Waals surface area contributed by atoms with Crippen molar-refractivity contribution in [3.05, 3.63) is 53.6 Å². The van der Waals surface area contributed by atoms with Gasteiger partial charge in [0.1, 0.15) is 6.54 Å². The van der Waals surface area contributed by atoms with Crippen LogP contribution < -0.4 is 20.1 Å². The number of methoxy groups -OCH3 is 2. The fraction of sp³-hybridized carbons (Fsp3) is 0.222. The molecule has 0 fully saturated rings. The number of ether oxygens (including phenoxy) is 2. The Morgan fingerprint density at radius 1 is 0.926 bits per heavy atom. The Bertz CT molecular complexity index is 838. The Kier molecular flexibility index (Phi) is 6.27. The van der Waals surface area contributed by atoms with Crippen molar-refractivity contribution in [2.75, 3.05) is 26.1 Å². The summed E-state index contributed by atoms with van der Waals surface area (Å²) in [5.41, 5.74) is 0.103. The van der Waals surface area contributed by atoms with Gasteiger partial charge in [-0.05, 0) is 24.3 Å². The minimum atomic E-state index is -4.54. The number of rotatable bonds is 6. The van der Waals surface area contributed by atoms with Crippen molar-refractivity contribution in [1.29, 1.82) is 0 Å². The van der Waals surface area contributed by atoms with Gasteiger partial charge in [-0.15, -0.1) is 0 Å². The average molecular weight is 382 g/mol. The summed E-state index contributed by atoms with van der Waals surface area (Å²) >= 11 is 0. The molecule has 9 heteroatoms. The molecule has 0 bridgehead atoms. The molecule has 0 aliphatic heterocycles. The van der Waals surface area contributed by atoms with E-state index in [-0.39, 0.29) is 22.6 Å². The molecule has 2 rings (SSSR count). The highest BCUT2D eigenvalue weighted by Crippen LogP contribution is 2.31. The highest BCUT2D eigenvalue weighted by atomic mass is 19.4. The normalized spacial score (nSPS) is 10.9. The Hall–Kier alpha value is -3.23. The van der Waals surface area contributed by atoms with E-state index in [9.17, 15) is 22.8 Å². The lowest BCUT2D eigenvalue weighted by Gasteiger charge is -2.15. The van der Waals surface area contributed by atoms with Crippen molar-refractivity contribution in [3.8, 4) is 11.5 Å². The quantitative estimate of drug-likeness (QED) is 0.804. The average Bonchev–Trinajstić information content (AvgIpc) is 2.65. The van der Waals surface area contributed by atoms with Crippen molar-refractivity contribution in [2.24, 2.45) is 0 Å². The molecule has 144 valence electrons. The number of anilines is 1. The van der Waals surface area contributed by atoms with Gasteiger partial charge >= 0.3 is 6.18 Å². The van der Waals surface area contributed by atoms with E-state index in [2.05, 4.69) is 5.32 Å². The van der Waals surface area contributed by atoms with Gasteiger partial charge in [0.05, 0.1) is 31.0 Å². The molecule has 0 aliphatic rings. The molecule has 27 heavy (non-hydrogen) atoms. The van der Waals surface area contributed by atoms with Crippen LogP contribution in [0.4, 0.5) is 18.9 Å². The highest BCUT2D eigenvalue weighted by molar-refractivity contribution is 6.10. The summed E-state index contributed by atoms with van der Waals surface area (Å²) in [5.74, 6) is -1.04. The van der Waals surface area contributed by atoms with Crippen LogP contribution in [0.25, 0.3) is 0 Å². The molecule has 2 N–H and O–H groups in total. The van der Waals surface area contributed by atoms with Crippen molar-refractivity contribution in [2.45, 2.75) is 6.18 Å². The summed E-state index contributed by atoms with van der Waals surface area (Å²) in [4.78, 5) is 24.6. The van der Waals surface area contributed by atoms with Crippen LogP contribution in [0.5, 0.6) is 11.5 Å². The fourth-order valence-corrected chi connectivity index (χ4v) is 2.32. The first-order valence-electron chi connectivity index (χ1n) is 7.73. The zero-order valence-electron chi connectivity index (χ0n) is 14.5. The van der Waals surface area contributed by atoms with Gasteiger partial charge in [0.15, 0.2) is 11.5 Å². The molecule has 2 amide bonds. The third-order valence-corrected chi connectivity index (χ3v) is 3.52. The second kappa shape index (κ2) is 8.43. The minimum absolute atomic E-state index is 0.0621. The van der Waals surface area contributed by atoms with Gasteiger partial charge in [0, 0.05) is 0 Å². The number of benzene rings is 2. The monoisotopic (exact) mass is 382 g/mol. The van der Waals surface area contributed by atoms with E-state index < -0.39 is 24.5 Å². The van der Waals surface area contributed by atoms with Crippen LogP contribution in [0.3, 0.4) is 0 Å². The number of alkyl halides is 3. The van der Waals surface area contributed by atoms with Crippen molar-refractivity contribution in [3.63, 3.8) is 0 Å². The second-order valence-corrected chi connectivity index (χ2v) is 5.34. The summed E-state index contributed by atoms with van der Waals surface area (Å²) < 4.78 is 47.2. The molecule has 2 aromatic carbocycles. The van der Waals surface area contributed by atoms with E-state index in [1.165, 1.54) is 38.5 Å². The molecule has 0 aliphatic carbocycles. The molecule has 0 radical (unpaired) electrons. The van der Waals surface area contributed by atoms with Gasteiger partial charge in [-0.2, -0.15) is 13.2 Å². The number of hydrogen-bond donors (Lipinski definition) is 2. The number of halogens is 3. The predicted molar refractivity (Wildman–Crippen MR) is 92.3 cm³/mol. The van der Waals surface area contributed by atoms with Crippen LogP contribution in [-0.4, -0.2) is 38.8 Å². The molecular weight excluding hydrogens is 365 g/mol. The van der Waals surface area contributed by atoms with E-state index in [1.54, 1.807) is 23.5 Å². The second-order valence-electron chi connectivity index (χ2n) is 5.34. The molecule has 0 unspecified atom stereocenters. The zero-order chi connectivity index (χ0) is 20.0. The van der Waals surface area contributed by atoms with Crippen LogP contribution >= 0.6 is 0 Å². The Morgan fingerprint density at radius 3 is 2.22 bits per heavy atom. The molecule has 0 spiro atoms. The maximum Gasteiger partial charge on any atom is 0.405 e. The lowest BCUT2D eigenvalue weighted by Crippen LogP contribution is -2.34. The first-order valence-corrected chi connectivity index (χ1v) is 7.73. The van der Waals surface area contributed by atoms with Gasteiger partial charge in [-0.25, -0.2) is 0 Å². The first-order chi connectivity index (χ1) is 12.8. The third kappa shape index (κ3) is 5.13. The van der Waals surface area contributed by atoms with Crippen LogP contribution in [-0.2, 0) is 0 Å². The van der Waals surface area contributed by atoms with Crippen molar-refractivity contribution < 1.29 is 32.2 Å². The molecule has 0 heterocycles. The molecule has 2 aromatic rings. The van der Waals surface area contributed by atoms with E-state index in [0.717, 1.165) is 0 Å². The Labute approximate surface area is 153 Å². The lowest BCUT2D eigenvalue weighted by molar-refractivity contribution is -0.123. The van der Waals surface area contributed by atoms with Gasteiger partial charge in [-0.1, -0.05) is 18.2 Å². The van der Waals surface area contributed by atoms with E-state index in [0.29, 0.717) is 5.75 Å². The number of carbonyl (C=O) groups is 2. The smallest absolute Gasteiger partial charge is 0.405 e. The van der Waals surface area contributed by atoms with Gasteiger partial charge in [0.2, 0.25) is 0 Å². The Morgan fingerprint density at radius 2 is 1.59 bits per heavy atom. The molecule has 0 aromatic heterocycles.